The quantitative estimate of drug-likeness (QED) is 0.634. The molecular formula is C18H26FN3O3. The maximum atomic E-state index is 12.8. The predicted molar refractivity (Wildman–Crippen MR) is 94.0 cm³/mol. The Hall–Kier alpha value is -1.96. The van der Waals surface area contributed by atoms with Crippen LogP contribution in [0.1, 0.15) is 0 Å². The minimum atomic E-state index is -0.618. The van der Waals surface area contributed by atoms with Crippen LogP contribution >= 0.6 is 0 Å². The van der Waals surface area contributed by atoms with Crippen LogP contribution < -0.4 is 10.1 Å². The molecule has 0 radical (unpaired) electrons. The summed E-state index contributed by atoms with van der Waals surface area (Å²) in [5, 5.41) is 12.9. The number of halogens is 1. The number of nitrogens with one attached hydrogen (secondary N) is 1. The van der Waals surface area contributed by atoms with Crippen LogP contribution in [0.15, 0.2) is 36.9 Å². The molecule has 6 nitrogen and oxygen atoms in total. The van der Waals surface area contributed by atoms with Crippen LogP contribution in [0.3, 0.4) is 0 Å². The molecule has 1 aliphatic rings. The van der Waals surface area contributed by atoms with Gasteiger partial charge in [-0.3, -0.25) is 14.6 Å². The Morgan fingerprint density at radius 2 is 1.92 bits per heavy atom. The molecule has 1 aromatic carbocycles. The lowest BCUT2D eigenvalue weighted by Gasteiger charge is -2.35. The number of ether oxygens (including phenoxy) is 1. The van der Waals surface area contributed by atoms with Gasteiger partial charge in [0.1, 0.15) is 24.3 Å². The number of β-amino-alcohol motifs (C(OH)–C–C–N with tert-alkyl or cyclic N) is 1. The Kier molecular flexibility index (Phi) is 7.84. The zero-order valence-corrected chi connectivity index (χ0v) is 14.4. The third-order valence-electron chi connectivity index (χ3n) is 4.00. The van der Waals surface area contributed by atoms with E-state index in [2.05, 4.69) is 21.7 Å². The lowest BCUT2D eigenvalue weighted by molar-refractivity contribution is -0.122. The summed E-state index contributed by atoms with van der Waals surface area (Å²) < 4.78 is 18.3. The molecule has 2 N–H and O–H groups in total. The van der Waals surface area contributed by atoms with Crippen molar-refractivity contribution in [2.75, 3.05) is 52.4 Å². The third-order valence-corrected chi connectivity index (χ3v) is 4.00. The van der Waals surface area contributed by atoms with Crippen molar-refractivity contribution < 1.29 is 19.0 Å². The van der Waals surface area contributed by atoms with Gasteiger partial charge in [0.15, 0.2) is 0 Å². The van der Waals surface area contributed by atoms with Crippen molar-refractivity contribution in [3.05, 3.63) is 42.7 Å². The normalized spacial score (nSPS) is 17.0. The van der Waals surface area contributed by atoms with Crippen molar-refractivity contribution in [1.29, 1.82) is 0 Å². The number of aliphatic hydroxyl groups excluding tert-OH is 1. The zero-order chi connectivity index (χ0) is 18.1. The summed E-state index contributed by atoms with van der Waals surface area (Å²) in [6, 6.07) is 5.73. The number of amides is 1. The SMILES string of the molecule is C=CCNC(=O)CN1CCN(C[C@@H](O)COc2ccc(F)cc2)CC1. The highest BCUT2D eigenvalue weighted by molar-refractivity contribution is 5.78. The molecule has 1 heterocycles. The summed E-state index contributed by atoms with van der Waals surface area (Å²) in [4.78, 5) is 15.9. The smallest absolute Gasteiger partial charge is 0.234 e. The highest BCUT2D eigenvalue weighted by atomic mass is 19.1. The molecule has 0 unspecified atom stereocenters. The molecule has 1 fully saturated rings. The lowest BCUT2D eigenvalue weighted by atomic mass is 10.2. The second kappa shape index (κ2) is 10.1. The summed E-state index contributed by atoms with van der Waals surface area (Å²) >= 11 is 0. The van der Waals surface area contributed by atoms with Gasteiger partial charge < -0.3 is 15.2 Å². The van der Waals surface area contributed by atoms with Gasteiger partial charge in [-0.15, -0.1) is 6.58 Å². The fourth-order valence-electron chi connectivity index (χ4n) is 2.65. The van der Waals surface area contributed by atoms with Crippen molar-refractivity contribution >= 4 is 5.91 Å². The van der Waals surface area contributed by atoms with E-state index in [0.29, 0.717) is 25.4 Å². The first-order chi connectivity index (χ1) is 12.1. The number of rotatable bonds is 9. The van der Waals surface area contributed by atoms with Gasteiger partial charge in [-0.1, -0.05) is 6.08 Å². The van der Waals surface area contributed by atoms with Crippen molar-refractivity contribution in [2.24, 2.45) is 0 Å². The Morgan fingerprint density at radius 3 is 2.56 bits per heavy atom. The first kappa shape index (κ1) is 19.4. The van der Waals surface area contributed by atoms with E-state index >= 15 is 0 Å². The summed E-state index contributed by atoms with van der Waals surface area (Å²) in [5.41, 5.74) is 0. The van der Waals surface area contributed by atoms with E-state index in [9.17, 15) is 14.3 Å². The Labute approximate surface area is 147 Å². The predicted octanol–water partition coefficient (Wildman–Crippen LogP) is 0.485. The van der Waals surface area contributed by atoms with E-state index in [1.165, 1.54) is 24.3 Å². The lowest BCUT2D eigenvalue weighted by Crippen LogP contribution is -2.51. The largest absolute Gasteiger partial charge is 0.491 e. The zero-order valence-electron chi connectivity index (χ0n) is 14.4. The minimum Gasteiger partial charge on any atom is -0.491 e. The van der Waals surface area contributed by atoms with Crippen LogP contribution in [0.2, 0.25) is 0 Å². The molecule has 0 aromatic heterocycles. The van der Waals surface area contributed by atoms with Gasteiger partial charge in [-0.25, -0.2) is 4.39 Å². The number of benzene rings is 1. The standard InChI is InChI=1S/C18H26FN3O3/c1-2-7-20-18(24)13-22-10-8-21(9-11-22)12-16(23)14-25-17-5-3-15(19)4-6-17/h2-6,16,23H,1,7-14H2,(H,20,24)/t16-/m1/s1. The van der Waals surface area contributed by atoms with E-state index in [-0.39, 0.29) is 18.3 Å². The van der Waals surface area contributed by atoms with Crippen LogP contribution in [-0.2, 0) is 4.79 Å². The molecular weight excluding hydrogens is 325 g/mol. The average molecular weight is 351 g/mol. The van der Waals surface area contributed by atoms with Crippen molar-refractivity contribution in [3.8, 4) is 5.75 Å². The number of carbonyl (C=O) groups is 1. The monoisotopic (exact) mass is 351 g/mol. The summed E-state index contributed by atoms with van der Waals surface area (Å²) in [5.74, 6) is 0.223. The van der Waals surface area contributed by atoms with Gasteiger partial charge in [0.2, 0.25) is 5.91 Å². The molecule has 0 spiro atoms. The first-order valence-corrected chi connectivity index (χ1v) is 8.45. The van der Waals surface area contributed by atoms with Crippen molar-refractivity contribution in [2.45, 2.75) is 6.10 Å². The van der Waals surface area contributed by atoms with Crippen LogP contribution in [0, 0.1) is 5.82 Å². The van der Waals surface area contributed by atoms with Crippen molar-refractivity contribution in [1.82, 2.24) is 15.1 Å². The van der Waals surface area contributed by atoms with E-state index in [0.717, 1.165) is 26.2 Å². The average Bonchev–Trinajstić information content (AvgIpc) is 2.61. The minimum absolute atomic E-state index is 0.00100. The first-order valence-electron chi connectivity index (χ1n) is 8.45. The second-order valence-corrected chi connectivity index (χ2v) is 6.09. The number of nitrogens with zero attached hydrogens (tertiary/aromatic N) is 2. The maximum Gasteiger partial charge on any atom is 0.234 e. The molecule has 2 rings (SSSR count). The number of aliphatic hydroxyl groups is 1. The molecule has 0 aliphatic carbocycles. The van der Waals surface area contributed by atoms with Crippen LogP contribution in [0.4, 0.5) is 4.39 Å². The fraction of sp³-hybridized carbons (Fsp3) is 0.500. The van der Waals surface area contributed by atoms with E-state index in [1.54, 1.807) is 6.08 Å². The Bertz CT molecular complexity index is 545. The third kappa shape index (κ3) is 7.21. The summed E-state index contributed by atoms with van der Waals surface area (Å²) in [6.07, 6.45) is 1.04. The van der Waals surface area contributed by atoms with Gasteiger partial charge in [-0.2, -0.15) is 0 Å². The summed E-state index contributed by atoms with van der Waals surface area (Å²) in [7, 11) is 0. The number of hydrogen-bond donors (Lipinski definition) is 2. The number of hydrogen-bond acceptors (Lipinski definition) is 5. The van der Waals surface area contributed by atoms with Gasteiger partial charge in [0.25, 0.3) is 0 Å². The molecule has 25 heavy (non-hydrogen) atoms. The number of carbonyl (C=O) groups excluding carboxylic acids is 1. The van der Waals surface area contributed by atoms with Gasteiger partial charge in [-0.05, 0) is 24.3 Å². The highest BCUT2D eigenvalue weighted by Crippen LogP contribution is 2.11. The summed E-state index contributed by atoms with van der Waals surface area (Å²) in [6.45, 7) is 8.27. The molecule has 0 saturated carbocycles. The molecule has 1 amide bonds. The van der Waals surface area contributed by atoms with E-state index < -0.39 is 6.10 Å². The topological polar surface area (TPSA) is 65.0 Å². The maximum absolute atomic E-state index is 12.8. The van der Waals surface area contributed by atoms with Gasteiger partial charge in [0.05, 0.1) is 6.54 Å². The fourth-order valence-corrected chi connectivity index (χ4v) is 2.65. The van der Waals surface area contributed by atoms with Crippen LogP contribution in [-0.4, -0.2) is 79.3 Å². The van der Waals surface area contributed by atoms with Gasteiger partial charge >= 0.3 is 0 Å². The molecule has 1 saturated heterocycles. The van der Waals surface area contributed by atoms with Crippen LogP contribution in [0.5, 0.6) is 5.75 Å². The molecule has 138 valence electrons. The highest BCUT2D eigenvalue weighted by Gasteiger charge is 2.20. The van der Waals surface area contributed by atoms with Crippen LogP contribution in [0.25, 0.3) is 0 Å². The van der Waals surface area contributed by atoms with Crippen molar-refractivity contribution in [3.63, 3.8) is 0 Å². The second-order valence-electron chi connectivity index (χ2n) is 6.09. The molecule has 0 bridgehead atoms. The molecule has 1 aliphatic heterocycles. The van der Waals surface area contributed by atoms with E-state index in [4.69, 9.17) is 4.74 Å². The molecule has 1 atom stereocenters. The Balaban J connectivity index is 1.63. The molecule has 7 heteroatoms. The van der Waals surface area contributed by atoms with E-state index in [1.807, 2.05) is 0 Å². The number of piperazine rings is 1. The Morgan fingerprint density at radius 1 is 1.28 bits per heavy atom. The molecule has 1 aromatic rings. The van der Waals surface area contributed by atoms with Gasteiger partial charge in [0, 0.05) is 39.3 Å².